The minimum absolute atomic E-state index is 0.218. The first-order chi connectivity index (χ1) is 13.1. The normalized spacial score (nSPS) is 10.7. The van der Waals surface area contributed by atoms with Crippen LogP contribution in [0.2, 0.25) is 5.02 Å². The summed E-state index contributed by atoms with van der Waals surface area (Å²) in [6.45, 7) is 2.01. The maximum Gasteiger partial charge on any atom is 0.274 e. The van der Waals surface area contributed by atoms with Gasteiger partial charge in [0.05, 0.1) is 10.6 Å². The fourth-order valence-electron chi connectivity index (χ4n) is 2.70. The van der Waals surface area contributed by atoms with Gasteiger partial charge < -0.3 is 5.32 Å². The molecule has 0 radical (unpaired) electrons. The first kappa shape index (κ1) is 17.5. The number of carbonyl (C=O) groups excluding carboxylic acids is 1. The fourth-order valence-corrected chi connectivity index (χ4v) is 3.51. The van der Waals surface area contributed by atoms with Gasteiger partial charge in [-0.05, 0) is 60.8 Å². The summed E-state index contributed by atoms with van der Waals surface area (Å²) in [4.78, 5) is 14.0. The van der Waals surface area contributed by atoms with Crippen molar-refractivity contribution in [1.82, 2.24) is 9.78 Å². The molecule has 0 aliphatic carbocycles. The molecule has 1 N–H and O–H groups in total. The molecule has 0 bridgehead atoms. The molecular formula is C21H16ClN3OS. The van der Waals surface area contributed by atoms with Crippen molar-refractivity contribution in [1.29, 1.82) is 0 Å². The number of aryl methyl sites for hydroxylation is 1. The third kappa shape index (κ3) is 3.79. The largest absolute Gasteiger partial charge is 0.321 e. The Labute approximate surface area is 166 Å². The predicted octanol–water partition coefficient (Wildman–Crippen LogP) is 5.81. The van der Waals surface area contributed by atoms with Crippen LogP contribution in [-0.4, -0.2) is 15.7 Å². The number of carbonyl (C=O) groups is 1. The second-order valence-corrected chi connectivity index (χ2v) is 7.48. The molecule has 0 atom stereocenters. The SMILES string of the molecule is Cc1ccc(NC(=O)c2cc(-c3cccs3)nn2-c2ccc(Cl)cc2)cc1. The van der Waals surface area contributed by atoms with Crippen molar-refractivity contribution in [2.45, 2.75) is 6.92 Å². The van der Waals surface area contributed by atoms with Gasteiger partial charge >= 0.3 is 0 Å². The van der Waals surface area contributed by atoms with Crippen molar-refractivity contribution < 1.29 is 4.79 Å². The van der Waals surface area contributed by atoms with Crippen LogP contribution >= 0.6 is 22.9 Å². The molecule has 27 heavy (non-hydrogen) atoms. The van der Waals surface area contributed by atoms with Crippen LogP contribution in [0.1, 0.15) is 16.1 Å². The zero-order chi connectivity index (χ0) is 18.8. The first-order valence-corrected chi connectivity index (χ1v) is 9.64. The second kappa shape index (κ2) is 7.39. The zero-order valence-electron chi connectivity index (χ0n) is 14.5. The molecule has 134 valence electrons. The van der Waals surface area contributed by atoms with Crippen LogP contribution in [0.4, 0.5) is 5.69 Å². The highest BCUT2D eigenvalue weighted by Crippen LogP contribution is 2.26. The Kier molecular flexibility index (Phi) is 4.79. The zero-order valence-corrected chi connectivity index (χ0v) is 16.1. The summed E-state index contributed by atoms with van der Waals surface area (Å²) in [5.74, 6) is -0.218. The number of hydrogen-bond donors (Lipinski definition) is 1. The third-order valence-electron chi connectivity index (χ3n) is 4.10. The summed E-state index contributed by atoms with van der Waals surface area (Å²) in [5.41, 5.74) is 3.87. The molecule has 2 heterocycles. The molecule has 0 fully saturated rings. The number of anilines is 1. The Hall–Kier alpha value is -2.89. The highest BCUT2D eigenvalue weighted by Gasteiger charge is 2.18. The Morgan fingerprint density at radius 2 is 1.81 bits per heavy atom. The minimum Gasteiger partial charge on any atom is -0.321 e. The molecule has 2 aromatic heterocycles. The van der Waals surface area contributed by atoms with Crippen molar-refractivity contribution in [2.75, 3.05) is 5.32 Å². The standard InChI is InChI=1S/C21H16ClN3OS/c1-14-4-8-16(9-5-14)23-21(26)19-13-18(20-3-2-12-27-20)24-25(19)17-10-6-15(22)7-11-17/h2-13H,1H3,(H,23,26). The summed E-state index contributed by atoms with van der Waals surface area (Å²) >= 11 is 7.59. The summed E-state index contributed by atoms with van der Waals surface area (Å²) in [7, 11) is 0. The fraction of sp³-hybridized carbons (Fsp3) is 0.0476. The molecule has 2 aromatic carbocycles. The van der Waals surface area contributed by atoms with Gasteiger partial charge in [-0.3, -0.25) is 4.79 Å². The molecule has 0 spiro atoms. The Bertz CT molecular complexity index is 1070. The van der Waals surface area contributed by atoms with Gasteiger partial charge in [0, 0.05) is 10.7 Å². The Morgan fingerprint density at radius 3 is 2.48 bits per heavy atom. The van der Waals surface area contributed by atoms with Crippen molar-refractivity contribution in [2.24, 2.45) is 0 Å². The lowest BCUT2D eigenvalue weighted by Gasteiger charge is -2.09. The first-order valence-electron chi connectivity index (χ1n) is 8.38. The molecule has 4 rings (SSSR count). The number of nitrogens with one attached hydrogen (secondary N) is 1. The topological polar surface area (TPSA) is 46.9 Å². The van der Waals surface area contributed by atoms with E-state index in [1.54, 1.807) is 28.2 Å². The van der Waals surface area contributed by atoms with Gasteiger partial charge in [0.2, 0.25) is 0 Å². The van der Waals surface area contributed by atoms with E-state index in [0.29, 0.717) is 10.7 Å². The monoisotopic (exact) mass is 393 g/mol. The number of halogens is 1. The van der Waals surface area contributed by atoms with E-state index >= 15 is 0 Å². The van der Waals surface area contributed by atoms with Crippen molar-refractivity contribution in [3.05, 3.63) is 88.4 Å². The smallest absolute Gasteiger partial charge is 0.274 e. The molecule has 0 aliphatic heterocycles. The van der Waals surface area contributed by atoms with E-state index in [0.717, 1.165) is 27.5 Å². The number of nitrogens with zero attached hydrogens (tertiary/aromatic N) is 2. The minimum atomic E-state index is -0.218. The molecule has 0 aliphatic rings. The lowest BCUT2D eigenvalue weighted by molar-refractivity contribution is 0.101. The van der Waals surface area contributed by atoms with Crippen molar-refractivity contribution in [3.63, 3.8) is 0 Å². The summed E-state index contributed by atoms with van der Waals surface area (Å²) in [5, 5.41) is 10.2. The van der Waals surface area contributed by atoms with Gasteiger partial charge in [0.25, 0.3) is 5.91 Å². The average Bonchev–Trinajstić information content (AvgIpc) is 3.33. The van der Waals surface area contributed by atoms with Crippen LogP contribution < -0.4 is 5.32 Å². The van der Waals surface area contributed by atoms with Crippen LogP contribution in [0.3, 0.4) is 0 Å². The average molecular weight is 394 g/mol. The summed E-state index contributed by atoms with van der Waals surface area (Å²) < 4.78 is 1.65. The van der Waals surface area contributed by atoms with E-state index in [4.69, 9.17) is 11.6 Å². The lowest BCUT2D eigenvalue weighted by Crippen LogP contribution is -2.16. The van der Waals surface area contributed by atoms with Crippen molar-refractivity contribution in [3.8, 4) is 16.3 Å². The maximum atomic E-state index is 12.9. The molecule has 4 nitrogen and oxygen atoms in total. The molecule has 4 aromatic rings. The highest BCUT2D eigenvalue weighted by atomic mass is 35.5. The summed E-state index contributed by atoms with van der Waals surface area (Å²) in [6, 6.07) is 20.7. The van der Waals surface area contributed by atoms with Crippen LogP contribution in [0.15, 0.2) is 72.1 Å². The van der Waals surface area contributed by atoms with E-state index < -0.39 is 0 Å². The molecule has 0 saturated heterocycles. The predicted molar refractivity (Wildman–Crippen MR) is 111 cm³/mol. The Balaban J connectivity index is 1.74. The van der Waals surface area contributed by atoms with E-state index in [-0.39, 0.29) is 5.91 Å². The van der Waals surface area contributed by atoms with E-state index in [1.807, 2.05) is 66.9 Å². The van der Waals surface area contributed by atoms with Crippen LogP contribution in [0, 0.1) is 6.92 Å². The second-order valence-electron chi connectivity index (χ2n) is 6.10. The van der Waals surface area contributed by atoms with Gasteiger partial charge in [0.1, 0.15) is 11.4 Å². The number of rotatable bonds is 4. The van der Waals surface area contributed by atoms with E-state index in [9.17, 15) is 4.79 Å². The molecule has 1 amide bonds. The van der Waals surface area contributed by atoms with Crippen LogP contribution in [-0.2, 0) is 0 Å². The maximum absolute atomic E-state index is 12.9. The molecular weight excluding hydrogens is 378 g/mol. The number of aromatic nitrogens is 2. The number of hydrogen-bond acceptors (Lipinski definition) is 3. The quantitative estimate of drug-likeness (QED) is 0.475. The van der Waals surface area contributed by atoms with E-state index in [2.05, 4.69) is 10.4 Å². The molecule has 6 heteroatoms. The molecule has 0 unspecified atom stereocenters. The highest BCUT2D eigenvalue weighted by molar-refractivity contribution is 7.13. The van der Waals surface area contributed by atoms with Crippen LogP contribution in [0.25, 0.3) is 16.3 Å². The number of amides is 1. The van der Waals surface area contributed by atoms with Gasteiger partial charge in [-0.2, -0.15) is 5.10 Å². The van der Waals surface area contributed by atoms with Gasteiger partial charge in [0.15, 0.2) is 0 Å². The number of thiophene rings is 1. The van der Waals surface area contributed by atoms with Crippen LogP contribution in [0.5, 0.6) is 0 Å². The van der Waals surface area contributed by atoms with Gasteiger partial charge in [-0.1, -0.05) is 35.4 Å². The van der Waals surface area contributed by atoms with E-state index in [1.165, 1.54) is 0 Å². The van der Waals surface area contributed by atoms with Gasteiger partial charge in [-0.25, -0.2) is 4.68 Å². The Morgan fingerprint density at radius 1 is 1.07 bits per heavy atom. The summed E-state index contributed by atoms with van der Waals surface area (Å²) in [6.07, 6.45) is 0. The van der Waals surface area contributed by atoms with Crippen molar-refractivity contribution >= 4 is 34.5 Å². The number of benzene rings is 2. The molecule has 0 saturated carbocycles. The third-order valence-corrected chi connectivity index (χ3v) is 5.24. The lowest BCUT2D eigenvalue weighted by atomic mass is 10.2. The van der Waals surface area contributed by atoms with Gasteiger partial charge in [-0.15, -0.1) is 11.3 Å².